The molecule has 2 aliphatic heterocycles. The molecule has 0 aromatic heterocycles. The van der Waals surface area contributed by atoms with Crippen LogP contribution in [0.3, 0.4) is 0 Å². The lowest BCUT2D eigenvalue weighted by molar-refractivity contribution is -0.153. The molecule has 0 aromatic rings. The number of nitrogens with one attached hydrogen (secondary N) is 1. The molecule has 0 aromatic carbocycles. The number of morpholine rings is 1. The van der Waals surface area contributed by atoms with Crippen molar-refractivity contribution in [3.63, 3.8) is 0 Å². The maximum atomic E-state index is 9.36. The Morgan fingerprint density at radius 1 is 1.42 bits per heavy atom. The Bertz CT molecular complexity index is 286. The molecule has 2 N–H and O–H groups in total. The Morgan fingerprint density at radius 2 is 2.21 bits per heavy atom. The first-order chi connectivity index (χ1) is 9.04. The van der Waals surface area contributed by atoms with Crippen molar-refractivity contribution >= 4 is 0 Å². The molecule has 0 radical (unpaired) electrons. The summed E-state index contributed by atoms with van der Waals surface area (Å²) in [5.41, 5.74) is -0.184. The molecule has 5 nitrogen and oxygen atoms in total. The van der Waals surface area contributed by atoms with Crippen molar-refractivity contribution in [3.8, 4) is 0 Å². The van der Waals surface area contributed by atoms with E-state index in [0.717, 1.165) is 39.3 Å². The Balaban J connectivity index is 1.93. The van der Waals surface area contributed by atoms with Crippen LogP contribution >= 0.6 is 0 Å². The molecule has 3 unspecified atom stereocenters. The van der Waals surface area contributed by atoms with E-state index in [9.17, 15) is 5.11 Å². The van der Waals surface area contributed by atoms with Crippen molar-refractivity contribution in [2.45, 2.75) is 38.0 Å². The molecule has 19 heavy (non-hydrogen) atoms. The number of aliphatic hydroxyl groups excluding tert-OH is 1. The van der Waals surface area contributed by atoms with Gasteiger partial charge in [0, 0.05) is 38.2 Å². The average Bonchev–Trinajstić information content (AvgIpc) is 2.37. The van der Waals surface area contributed by atoms with E-state index in [2.05, 4.69) is 24.1 Å². The predicted molar refractivity (Wildman–Crippen MR) is 74.3 cm³/mol. The Hall–Kier alpha value is -0.200. The van der Waals surface area contributed by atoms with E-state index in [1.54, 1.807) is 0 Å². The maximum absolute atomic E-state index is 9.36. The molecule has 2 rings (SSSR count). The zero-order valence-electron chi connectivity index (χ0n) is 12.4. The van der Waals surface area contributed by atoms with Crippen LogP contribution < -0.4 is 5.32 Å². The zero-order valence-corrected chi connectivity index (χ0v) is 12.4. The van der Waals surface area contributed by atoms with E-state index in [-0.39, 0.29) is 18.3 Å². The van der Waals surface area contributed by atoms with Crippen molar-refractivity contribution in [2.75, 3.05) is 46.5 Å². The van der Waals surface area contributed by atoms with E-state index < -0.39 is 0 Å². The molecular formula is C14H28N2O3. The molecule has 5 heteroatoms. The van der Waals surface area contributed by atoms with Crippen molar-refractivity contribution in [2.24, 2.45) is 5.92 Å². The topological polar surface area (TPSA) is 54.0 Å². The highest BCUT2D eigenvalue weighted by Gasteiger charge is 2.35. The first-order valence-corrected chi connectivity index (χ1v) is 7.30. The highest BCUT2D eigenvalue weighted by molar-refractivity contribution is 4.88. The highest BCUT2D eigenvalue weighted by Crippen LogP contribution is 2.23. The molecule has 0 amide bonds. The van der Waals surface area contributed by atoms with Gasteiger partial charge in [-0.1, -0.05) is 0 Å². The third kappa shape index (κ3) is 4.13. The summed E-state index contributed by atoms with van der Waals surface area (Å²) in [6.45, 7) is 8.70. The Labute approximate surface area is 116 Å². The molecule has 112 valence electrons. The number of hydrogen-bond acceptors (Lipinski definition) is 5. The number of rotatable bonds is 4. The van der Waals surface area contributed by atoms with Crippen LogP contribution in [-0.2, 0) is 9.47 Å². The minimum atomic E-state index is -0.184. The van der Waals surface area contributed by atoms with Crippen LogP contribution in [0, 0.1) is 5.92 Å². The van der Waals surface area contributed by atoms with Crippen molar-refractivity contribution in [3.05, 3.63) is 0 Å². The average molecular weight is 272 g/mol. The van der Waals surface area contributed by atoms with Gasteiger partial charge in [0.2, 0.25) is 0 Å². The largest absolute Gasteiger partial charge is 0.394 e. The smallest absolute Gasteiger partial charge is 0.0940 e. The van der Waals surface area contributed by atoms with Gasteiger partial charge in [-0.3, -0.25) is 4.90 Å². The summed E-state index contributed by atoms with van der Waals surface area (Å²) in [5.74, 6) is 0.520. The number of ether oxygens (including phenoxy) is 2. The number of hydrogen-bond donors (Lipinski definition) is 2. The van der Waals surface area contributed by atoms with Crippen LogP contribution in [0.1, 0.15) is 20.3 Å². The zero-order chi connectivity index (χ0) is 13.9. The van der Waals surface area contributed by atoms with E-state index >= 15 is 0 Å². The van der Waals surface area contributed by atoms with Gasteiger partial charge < -0.3 is 19.9 Å². The number of nitrogens with zero attached hydrogens (tertiary/aromatic N) is 1. The van der Waals surface area contributed by atoms with Gasteiger partial charge in [-0.25, -0.2) is 0 Å². The molecular weight excluding hydrogens is 244 g/mol. The van der Waals surface area contributed by atoms with Gasteiger partial charge in [0.1, 0.15) is 0 Å². The highest BCUT2D eigenvalue weighted by atomic mass is 16.5. The van der Waals surface area contributed by atoms with E-state index in [0.29, 0.717) is 12.0 Å². The standard InChI is InChI=1S/C14H28N2O3/c1-14(2)10-16(7-12(8-17)19-14)6-11-9-18-5-4-13(11)15-3/h11-13,15,17H,4-10H2,1-3H3. The van der Waals surface area contributed by atoms with E-state index in [4.69, 9.17) is 9.47 Å². The molecule has 2 fully saturated rings. The van der Waals surface area contributed by atoms with Crippen LogP contribution in [-0.4, -0.2) is 74.3 Å². The summed E-state index contributed by atoms with van der Waals surface area (Å²) in [6.07, 6.45) is 1.01. The summed E-state index contributed by atoms with van der Waals surface area (Å²) in [5, 5.41) is 12.8. The van der Waals surface area contributed by atoms with Crippen LogP contribution in [0.2, 0.25) is 0 Å². The van der Waals surface area contributed by atoms with Crippen LogP contribution in [0.25, 0.3) is 0 Å². The first-order valence-electron chi connectivity index (χ1n) is 7.30. The second-order valence-electron chi connectivity index (χ2n) is 6.40. The van der Waals surface area contributed by atoms with Crippen molar-refractivity contribution < 1.29 is 14.6 Å². The van der Waals surface area contributed by atoms with Crippen molar-refractivity contribution in [1.82, 2.24) is 10.2 Å². The molecule has 2 heterocycles. The fraction of sp³-hybridized carbons (Fsp3) is 1.00. The van der Waals surface area contributed by atoms with Crippen molar-refractivity contribution in [1.29, 1.82) is 0 Å². The van der Waals surface area contributed by atoms with Gasteiger partial charge in [0.05, 0.1) is 24.9 Å². The predicted octanol–water partition coefficient (Wildman–Crippen LogP) is 0.0826. The summed E-state index contributed by atoms with van der Waals surface area (Å²) in [6, 6.07) is 0.535. The van der Waals surface area contributed by atoms with E-state index in [1.165, 1.54) is 0 Å². The molecule has 0 aliphatic carbocycles. The minimum absolute atomic E-state index is 0.0682. The van der Waals surface area contributed by atoms with Gasteiger partial charge >= 0.3 is 0 Å². The van der Waals surface area contributed by atoms with Gasteiger partial charge in [-0.05, 0) is 27.3 Å². The fourth-order valence-corrected chi connectivity index (χ4v) is 3.34. The van der Waals surface area contributed by atoms with E-state index in [1.807, 2.05) is 7.05 Å². The SMILES string of the molecule is CNC1CCOCC1CN1CC(CO)OC(C)(C)C1. The summed E-state index contributed by atoms with van der Waals surface area (Å²) in [4.78, 5) is 2.41. The van der Waals surface area contributed by atoms with Crippen LogP contribution in [0.4, 0.5) is 0 Å². The molecule has 0 saturated carbocycles. The van der Waals surface area contributed by atoms with Crippen LogP contribution in [0.15, 0.2) is 0 Å². The van der Waals surface area contributed by atoms with Gasteiger partial charge in [-0.15, -0.1) is 0 Å². The Morgan fingerprint density at radius 3 is 2.89 bits per heavy atom. The molecule has 2 saturated heterocycles. The summed E-state index contributed by atoms with van der Waals surface area (Å²) < 4.78 is 11.5. The third-order valence-corrected chi connectivity index (χ3v) is 4.09. The summed E-state index contributed by atoms with van der Waals surface area (Å²) >= 11 is 0. The lowest BCUT2D eigenvalue weighted by atomic mass is 9.94. The normalized spacial score (nSPS) is 36.3. The second kappa shape index (κ2) is 6.50. The Kier molecular flexibility index (Phi) is 5.20. The van der Waals surface area contributed by atoms with Gasteiger partial charge in [-0.2, -0.15) is 0 Å². The van der Waals surface area contributed by atoms with Gasteiger partial charge in [0.25, 0.3) is 0 Å². The lowest BCUT2D eigenvalue weighted by Crippen LogP contribution is -2.56. The second-order valence-corrected chi connectivity index (χ2v) is 6.40. The van der Waals surface area contributed by atoms with Gasteiger partial charge in [0.15, 0.2) is 0 Å². The third-order valence-electron chi connectivity index (χ3n) is 4.09. The lowest BCUT2D eigenvalue weighted by Gasteiger charge is -2.44. The molecule has 2 aliphatic rings. The minimum Gasteiger partial charge on any atom is -0.394 e. The first kappa shape index (κ1) is 15.2. The van der Waals surface area contributed by atoms with Crippen LogP contribution in [0.5, 0.6) is 0 Å². The quantitative estimate of drug-likeness (QED) is 0.759. The maximum Gasteiger partial charge on any atom is 0.0940 e. The molecule has 0 spiro atoms. The fourth-order valence-electron chi connectivity index (χ4n) is 3.34. The summed E-state index contributed by atoms with van der Waals surface area (Å²) in [7, 11) is 2.03. The monoisotopic (exact) mass is 272 g/mol. The molecule has 0 bridgehead atoms. The molecule has 3 atom stereocenters. The number of aliphatic hydroxyl groups is 1.